The fourth-order valence-electron chi connectivity index (χ4n) is 3.19. The second-order valence-electron chi connectivity index (χ2n) is 7.97. The average molecular weight is 498 g/mol. The molecule has 4 rings (SSSR count). The zero-order valence-corrected chi connectivity index (χ0v) is 19.4. The highest BCUT2D eigenvalue weighted by Crippen LogP contribution is 2.22. The molecular formula is C23H30F3N5O4. The van der Waals surface area contributed by atoms with Crippen LogP contribution in [0.4, 0.5) is 30.6 Å². The number of ketones is 1. The molecule has 0 aromatic carbocycles. The van der Waals surface area contributed by atoms with Gasteiger partial charge in [-0.2, -0.15) is 23.1 Å². The predicted molar refractivity (Wildman–Crippen MR) is 123 cm³/mol. The summed E-state index contributed by atoms with van der Waals surface area (Å²) in [5.74, 6) is 0.840. The molecular weight excluding hydrogens is 467 g/mol. The Morgan fingerprint density at radius 3 is 2.29 bits per heavy atom. The highest BCUT2D eigenvalue weighted by Gasteiger charge is 2.29. The molecule has 2 aromatic heterocycles. The van der Waals surface area contributed by atoms with Crippen molar-refractivity contribution in [3.05, 3.63) is 30.0 Å². The SMILES string of the molecule is O=C1CCCCOCCCCOCCCNc2cc(nc(OCC(F)(F)F)n2)Nc2ccc1cn2. The standard InChI is InChI=1S/C23H30F3N5O4/c24-23(25,26)16-35-22-30-20-14-21(31-22)29-19-8-7-17(15-28-19)18(32)6-1-2-10-33-11-3-4-12-34-13-5-9-27-20/h7-8,14-15H,1-6,9-13,16H2,(H2,27,28,29,30,31). The molecule has 4 bridgehead atoms. The Bertz CT molecular complexity index is 928. The molecule has 2 aliphatic rings. The maximum Gasteiger partial charge on any atom is 0.422 e. The number of Topliss-reactive ketones (excluding diaryl/α,β-unsaturated/α-hetero) is 1. The van der Waals surface area contributed by atoms with E-state index in [1.807, 2.05) is 0 Å². The summed E-state index contributed by atoms with van der Waals surface area (Å²) in [6.45, 7) is 1.42. The van der Waals surface area contributed by atoms with Gasteiger partial charge in [-0.05, 0) is 44.2 Å². The minimum absolute atomic E-state index is 0.0176. The van der Waals surface area contributed by atoms with Gasteiger partial charge in [-0.1, -0.05) is 0 Å². The van der Waals surface area contributed by atoms with Crippen molar-refractivity contribution < 1.29 is 32.2 Å². The first-order valence-electron chi connectivity index (χ1n) is 11.6. The molecule has 9 nitrogen and oxygen atoms in total. The Kier molecular flexibility index (Phi) is 10.5. The van der Waals surface area contributed by atoms with Crippen LogP contribution in [0.15, 0.2) is 24.4 Å². The number of nitrogens with one attached hydrogen (secondary N) is 2. The van der Waals surface area contributed by atoms with Crippen molar-refractivity contribution in [3.63, 3.8) is 0 Å². The van der Waals surface area contributed by atoms with Crippen molar-refractivity contribution in [2.24, 2.45) is 0 Å². The number of carbonyl (C=O) groups is 1. The summed E-state index contributed by atoms with van der Waals surface area (Å²) in [5, 5.41) is 5.97. The van der Waals surface area contributed by atoms with Gasteiger partial charge in [-0.3, -0.25) is 4.79 Å². The minimum atomic E-state index is -4.52. The van der Waals surface area contributed by atoms with E-state index in [2.05, 4.69) is 25.6 Å². The Morgan fingerprint density at radius 2 is 1.60 bits per heavy atom. The first kappa shape index (κ1) is 26.6. The molecule has 2 N–H and O–H groups in total. The molecule has 2 aromatic rings. The van der Waals surface area contributed by atoms with Gasteiger partial charge in [0.1, 0.15) is 17.5 Å². The van der Waals surface area contributed by atoms with Crippen LogP contribution in [0.2, 0.25) is 0 Å². The van der Waals surface area contributed by atoms with E-state index >= 15 is 0 Å². The molecule has 0 saturated heterocycles. The average Bonchev–Trinajstić information content (AvgIpc) is 2.82. The molecule has 0 saturated carbocycles. The second-order valence-corrected chi connectivity index (χ2v) is 7.97. The summed E-state index contributed by atoms with van der Waals surface area (Å²) in [5.41, 5.74) is 0.481. The lowest BCUT2D eigenvalue weighted by Gasteiger charge is -2.13. The van der Waals surface area contributed by atoms with Crippen LogP contribution in [0.25, 0.3) is 0 Å². The van der Waals surface area contributed by atoms with Gasteiger partial charge in [0.05, 0.1) is 0 Å². The van der Waals surface area contributed by atoms with Crippen LogP contribution >= 0.6 is 0 Å². The van der Waals surface area contributed by atoms with Crippen LogP contribution < -0.4 is 15.4 Å². The second kappa shape index (κ2) is 13.8. The number of hydrogen-bond donors (Lipinski definition) is 2. The molecule has 0 aliphatic carbocycles. The zero-order valence-electron chi connectivity index (χ0n) is 19.4. The van der Waals surface area contributed by atoms with Gasteiger partial charge in [-0.25, -0.2) is 4.98 Å². The van der Waals surface area contributed by atoms with E-state index in [1.165, 1.54) is 12.3 Å². The number of aromatic nitrogens is 3. The van der Waals surface area contributed by atoms with Crippen molar-refractivity contribution >= 4 is 23.2 Å². The maximum absolute atomic E-state index is 12.6. The summed E-state index contributed by atoms with van der Waals surface area (Å²) in [7, 11) is 0. The van der Waals surface area contributed by atoms with Crippen LogP contribution in [0, 0.1) is 0 Å². The number of ether oxygens (including phenoxy) is 3. The summed E-state index contributed by atoms with van der Waals surface area (Å²) >= 11 is 0. The van der Waals surface area contributed by atoms with Crippen molar-refractivity contribution in [2.75, 3.05) is 50.2 Å². The number of rotatable bonds is 2. The van der Waals surface area contributed by atoms with Gasteiger partial charge < -0.3 is 24.8 Å². The van der Waals surface area contributed by atoms with Gasteiger partial charge in [0, 0.05) is 57.2 Å². The van der Waals surface area contributed by atoms with Crippen LogP contribution in [0.3, 0.4) is 0 Å². The Morgan fingerprint density at radius 1 is 0.914 bits per heavy atom. The van der Waals surface area contributed by atoms with E-state index in [0.29, 0.717) is 63.0 Å². The van der Waals surface area contributed by atoms with E-state index in [4.69, 9.17) is 14.2 Å². The zero-order chi connectivity index (χ0) is 24.9. The first-order chi connectivity index (χ1) is 16.9. The first-order valence-corrected chi connectivity index (χ1v) is 11.6. The lowest BCUT2D eigenvalue weighted by molar-refractivity contribution is -0.154. The van der Waals surface area contributed by atoms with Crippen molar-refractivity contribution in [3.8, 4) is 6.01 Å². The van der Waals surface area contributed by atoms with Gasteiger partial charge in [0.25, 0.3) is 0 Å². The molecule has 35 heavy (non-hydrogen) atoms. The number of alkyl halides is 3. The molecule has 0 fully saturated rings. The number of hydrogen-bond acceptors (Lipinski definition) is 9. The van der Waals surface area contributed by atoms with Gasteiger partial charge in [0.2, 0.25) is 0 Å². The largest absolute Gasteiger partial charge is 0.454 e. The third-order valence-electron chi connectivity index (χ3n) is 4.95. The maximum atomic E-state index is 12.6. The van der Waals surface area contributed by atoms with Crippen LogP contribution in [0.1, 0.15) is 48.9 Å². The molecule has 12 heteroatoms. The van der Waals surface area contributed by atoms with E-state index in [-0.39, 0.29) is 11.6 Å². The molecule has 0 spiro atoms. The van der Waals surface area contributed by atoms with Crippen molar-refractivity contribution in [2.45, 2.75) is 44.7 Å². The van der Waals surface area contributed by atoms with Crippen LogP contribution in [-0.2, 0) is 9.47 Å². The topological polar surface area (TPSA) is 107 Å². The molecule has 0 amide bonds. The summed E-state index contributed by atoms with van der Waals surface area (Å²) in [6, 6.07) is 4.36. The minimum Gasteiger partial charge on any atom is -0.454 e. The van der Waals surface area contributed by atoms with E-state index in [1.54, 1.807) is 12.1 Å². The molecule has 4 heterocycles. The number of anilines is 3. The predicted octanol–water partition coefficient (Wildman–Crippen LogP) is 4.54. The quantitative estimate of drug-likeness (QED) is 0.618. The highest BCUT2D eigenvalue weighted by molar-refractivity contribution is 5.95. The summed E-state index contributed by atoms with van der Waals surface area (Å²) < 4.78 is 53.7. The summed E-state index contributed by atoms with van der Waals surface area (Å²) in [4.78, 5) is 24.6. The van der Waals surface area contributed by atoms with Gasteiger partial charge in [-0.15, -0.1) is 0 Å². The van der Waals surface area contributed by atoms with Crippen molar-refractivity contribution in [1.29, 1.82) is 0 Å². The smallest absolute Gasteiger partial charge is 0.422 e. The van der Waals surface area contributed by atoms with E-state index < -0.39 is 18.8 Å². The third-order valence-corrected chi connectivity index (χ3v) is 4.95. The monoisotopic (exact) mass is 497 g/mol. The van der Waals surface area contributed by atoms with Crippen LogP contribution in [0.5, 0.6) is 6.01 Å². The molecule has 192 valence electrons. The third kappa shape index (κ3) is 10.4. The summed E-state index contributed by atoms with van der Waals surface area (Å²) in [6.07, 6.45) is 1.32. The van der Waals surface area contributed by atoms with E-state index in [9.17, 15) is 18.0 Å². The molecule has 0 atom stereocenters. The number of nitrogens with zero attached hydrogens (tertiary/aromatic N) is 3. The molecule has 2 aliphatic heterocycles. The van der Waals surface area contributed by atoms with Gasteiger partial charge in [0.15, 0.2) is 12.4 Å². The number of fused-ring (bicyclic) bond motifs is 16. The molecule has 0 unspecified atom stereocenters. The Labute approximate surface area is 201 Å². The number of carbonyl (C=O) groups excluding carboxylic acids is 1. The Balaban J connectivity index is 1.71. The Hall–Kier alpha value is -2.99. The fourth-order valence-corrected chi connectivity index (χ4v) is 3.19. The lowest BCUT2D eigenvalue weighted by atomic mass is 10.1. The normalized spacial score (nSPS) is 17.3. The fraction of sp³-hybridized carbons (Fsp3) is 0.565. The van der Waals surface area contributed by atoms with Gasteiger partial charge >= 0.3 is 12.2 Å². The van der Waals surface area contributed by atoms with Crippen molar-refractivity contribution in [1.82, 2.24) is 15.0 Å². The molecule has 0 radical (unpaired) electrons. The van der Waals surface area contributed by atoms with Crippen LogP contribution in [-0.4, -0.2) is 66.5 Å². The highest BCUT2D eigenvalue weighted by atomic mass is 19.4. The van der Waals surface area contributed by atoms with E-state index in [0.717, 1.165) is 25.7 Å². The number of halogens is 3. The number of pyridine rings is 1. The lowest BCUT2D eigenvalue weighted by Crippen LogP contribution is -2.20.